The molecule has 0 unspecified atom stereocenters. The largest absolute Gasteiger partial charge is 0.480 e. The number of nitriles is 1. The van der Waals surface area contributed by atoms with E-state index in [0.717, 1.165) is 0 Å². The number of nitrogens with one attached hydrogen (secondary N) is 1. The van der Waals surface area contributed by atoms with Crippen LogP contribution in [-0.2, 0) is 14.4 Å². The molecule has 9 nitrogen and oxygen atoms in total. The normalized spacial score (nSPS) is 12.4. The van der Waals surface area contributed by atoms with Crippen molar-refractivity contribution in [1.82, 2.24) is 5.32 Å². The van der Waals surface area contributed by atoms with Gasteiger partial charge < -0.3 is 21.1 Å². The molecule has 1 amide bonds. The number of rotatable bonds is 7. The number of carboxylic acid groups (broad SMARTS) is 1. The Kier molecular flexibility index (Phi) is 6.58. The SMILES string of the molecule is N#C[C@H](O)C(=O)N[C@@H](CCC(=O)C=[N+]=[N-])C(=O)O. The quantitative estimate of drug-likeness (QED) is 0.207. The Bertz CT molecular complexity index is 435. The Morgan fingerprint density at radius 2 is 2.11 bits per heavy atom. The highest BCUT2D eigenvalue weighted by atomic mass is 16.4. The van der Waals surface area contributed by atoms with Crippen molar-refractivity contribution in [3.63, 3.8) is 0 Å². The molecule has 0 aromatic carbocycles. The number of carbonyl (C=O) groups is 3. The second-order valence-corrected chi connectivity index (χ2v) is 3.18. The first kappa shape index (κ1) is 15.4. The minimum Gasteiger partial charge on any atom is -0.480 e. The molecule has 18 heavy (non-hydrogen) atoms. The second kappa shape index (κ2) is 7.67. The number of aliphatic hydroxyl groups excluding tert-OH is 1. The van der Waals surface area contributed by atoms with Gasteiger partial charge in [-0.05, 0) is 6.42 Å². The van der Waals surface area contributed by atoms with Crippen LogP contribution in [0.5, 0.6) is 0 Å². The molecule has 2 atom stereocenters. The highest BCUT2D eigenvalue weighted by molar-refractivity contribution is 6.25. The molecule has 0 saturated heterocycles. The van der Waals surface area contributed by atoms with Crippen LogP contribution in [0.2, 0.25) is 0 Å². The van der Waals surface area contributed by atoms with E-state index in [4.69, 9.17) is 21.0 Å². The molecule has 0 radical (unpaired) electrons. The van der Waals surface area contributed by atoms with E-state index in [-0.39, 0.29) is 12.8 Å². The minimum atomic E-state index is -1.97. The highest BCUT2D eigenvalue weighted by Crippen LogP contribution is 1.99. The van der Waals surface area contributed by atoms with Gasteiger partial charge in [0.2, 0.25) is 11.9 Å². The van der Waals surface area contributed by atoms with Crippen LogP contribution in [0.4, 0.5) is 0 Å². The van der Waals surface area contributed by atoms with Gasteiger partial charge in [-0.2, -0.15) is 10.1 Å². The number of amides is 1. The second-order valence-electron chi connectivity index (χ2n) is 3.18. The summed E-state index contributed by atoms with van der Waals surface area (Å²) < 4.78 is 0. The zero-order valence-electron chi connectivity index (χ0n) is 9.11. The summed E-state index contributed by atoms with van der Waals surface area (Å²) in [6.07, 6.45) is -1.90. The summed E-state index contributed by atoms with van der Waals surface area (Å²) in [7, 11) is 0. The summed E-state index contributed by atoms with van der Waals surface area (Å²) in [5.74, 6) is -3.20. The topological polar surface area (TPSA) is 164 Å². The first-order valence-corrected chi connectivity index (χ1v) is 4.73. The molecule has 0 spiro atoms. The number of ketones is 1. The van der Waals surface area contributed by atoms with Gasteiger partial charge in [0, 0.05) is 6.42 Å². The standard InChI is InChI=1S/C9H10N4O5/c10-3-7(15)8(16)13-6(9(17)18)2-1-5(14)4-12-11/h4,6-7,15H,1-2H2,(H,13,16)(H,17,18)/t6-,7-/m0/s1. The lowest BCUT2D eigenvalue weighted by atomic mass is 10.1. The van der Waals surface area contributed by atoms with Crippen molar-refractivity contribution in [3.8, 4) is 6.07 Å². The van der Waals surface area contributed by atoms with Crippen LogP contribution in [-0.4, -0.2) is 51.0 Å². The molecular formula is C9H10N4O5. The van der Waals surface area contributed by atoms with Gasteiger partial charge in [0.05, 0.1) is 0 Å². The number of Topliss-reactive ketones (excluding diaryl/α,β-unsaturated/α-hetero) is 1. The average molecular weight is 254 g/mol. The first-order chi connectivity index (χ1) is 8.42. The fraction of sp³-hybridized carbons (Fsp3) is 0.444. The Morgan fingerprint density at radius 1 is 1.50 bits per heavy atom. The minimum absolute atomic E-state index is 0.260. The van der Waals surface area contributed by atoms with Gasteiger partial charge in [0.25, 0.3) is 5.91 Å². The van der Waals surface area contributed by atoms with Gasteiger partial charge in [-0.25, -0.2) is 4.79 Å². The number of carbonyl (C=O) groups excluding carboxylic acids is 2. The maximum Gasteiger partial charge on any atom is 0.326 e. The van der Waals surface area contributed by atoms with Crippen LogP contribution in [0, 0.1) is 11.3 Å². The molecular weight excluding hydrogens is 244 g/mol. The lowest BCUT2D eigenvalue weighted by Crippen LogP contribution is -2.45. The maximum atomic E-state index is 11.1. The van der Waals surface area contributed by atoms with E-state index in [0.29, 0.717) is 6.21 Å². The third kappa shape index (κ3) is 5.50. The number of nitrogens with zero attached hydrogens (tertiary/aromatic N) is 3. The van der Waals surface area contributed by atoms with E-state index in [1.54, 1.807) is 0 Å². The molecule has 0 aliphatic rings. The van der Waals surface area contributed by atoms with Crippen LogP contribution >= 0.6 is 0 Å². The molecule has 0 aromatic heterocycles. The molecule has 3 N–H and O–H groups in total. The van der Waals surface area contributed by atoms with Crippen molar-refractivity contribution >= 4 is 23.9 Å². The van der Waals surface area contributed by atoms with E-state index in [1.807, 2.05) is 5.32 Å². The predicted molar refractivity (Wildman–Crippen MR) is 55.1 cm³/mol. The lowest BCUT2D eigenvalue weighted by Gasteiger charge is -2.13. The van der Waals surface area contributed by atoms with E-state index in [1.165, 1.54) is 6.07 Å². The summed E-state index contributed by atoms with van der Waals surface area (Å²) in [5.41, 5.74) is 8.05. The Hall–Kier alpha value is -2.56. The first-order valence-electron chi connectivity index (χ1n) is 4.73. The summed E-state index contributed by atoms with van der Waals surface area (Å²) in [6, 6.07) is -0.196. The van der Waals surface area contributed by atoms with Crippen molar-refractivity contribution in [1.29, 1.82) is 5.26 Å². The zero-order chi connectivity index (χ0) is 14.1. The van der Waals surface area contributed by atoms with Crippen LogP contribution in [0.15, 0.2) is 0 Å². The maximum absolute atomic E-state index is 11.1. The van der Waals surface area contributed by atoms with Crippen LogP contribution < -0.4 is 5.32 Å². The van der Waals surface area contributed by atoms with Crippen molar-refractivity contribution in [2.75, 3.05) is 0 Å². The Labute approximate surface area is 101 Å². The molecule has 96 valence electrons. The van der Waals surface area contributed by atoms with E-state index < -0.39 is 29.8 Å². The highest BCUT2D eigenvalue weighted by Gasteiger charge is 2.24. The van der Waals surface area contributed by atoms with E-state index in [9.17, 15) is 14.4 Å². The number of carboxylic acids is 1. The van der Waals surface area contributed by atoms with Crippen molar-refractivity contribution in [3.05, 3.63) is 5.53 Å². The van der Waals surface area contributed by atoms with E-state index in [2.05, 4.69) is 4.79 Å². The predicted octanol–water partition coefficient (Wildman–Crippen LogP) is -1.91. The van der Waals surface area contributed by atoms with Crippen molar-refractivity contribution in [2.24, 2.45) is 0 Å². The molecule has 0 aliphatic carbocycles. The smallest absolute Gasteiger partial charge is 0.326 e. The summed E-state index contributed by atoms with van der Waals surface area (Å²) in [6.45, 7) is 0. The fourth-order valence-electron chi connectivity index (χ4n) is 0.982. The van der Waals surface area contributed by atoms with Crippen LogP contribution in [0.3, 0.4) is 0 Å². The van der Waals surface area contributed by atoms with Crippen LogP contribution in [0.25, 0.3) is 5.53 Å². The molecule has 0 aliphatic heterocycles. The van der Waals surface area contributed by atoms with Gasteiger partial charge in [0.15, 0.2) is 0 Å². The molecule has 0 saturated carbocycles. The van der Waals surface area contributed by atoms with Crippen molar-refractivity contribution < 1.29 is 29.4 Å². The number of aliphatic carboxylic acids is 1. The molecule has 0 fully saturated rings. The number of hydrogen-bond acceptors (Lipinski definition) is 5. The van der Waals surface area contributed by atoms with Gasteiger partial charge >= 0.3 is 12.2 Å². The molecule has 0 heterocycles. The number of aliphatic hydroxyl groups is 1. The molecule has 0 rings (SSSR count). The molecule has 9 heteroatoms. The monoisotopic (exact) mass is 254 g/mol. The summed E-state index contributed by atoms with van der Waals surface area (Å²) in [5, 5.41) is 27.7. The average Bonchev–Trinajstić information content (AvgIpc) is 2.32. The van der Waals surface area contributed by atoms with Crippen molar-refractivity contribution in [2.45, 2.75) is 25.0 Å². The third-order valence-electron chi connectivity index (χ3n) is 1.87. The molecule has 0 bridgehead atoms. The van der Waals surface area contributed by atoms with Crippen LogP contribution in [0.1, 0.15) is 12.8 Å². The van der Waals surface area contributed by atoms with Gasteiger partial charge in [-0.15, -0.1) is 0 Å². The molecule has 0 aromatic rings. The Morgan fingerprint density at radius 3 is 2.56 bits per heavy atom. The number of hydrogen-bond donors (Lipinski definition) is 3. The lowest BCUT2D eigenvalue weighted by molar-refractivity contribution is -0.143. The zero-order valence-corrected chi connectivity index (χ0v) is 9.11. The van der Waals surface area contributed by atoms with Gasteiger partial charge in [-0.3, -0.25) is 9.59 Å². The fourth-order valence-corrected chi connectivity index (χ4v) is 0.982. The Balaban J connectivity index is 4.46. The summed E-state index contributed by atoms with van der Waals surface area (Å²) in [4.78, 5) is 35.2. The van der Waals surface area contributed by atoms with Gasteiger partial charge in [0.1, 0.15) is 12.1 Å². The summed E-state index contributed by atoms with van der Waals surface area (Å²) >= 11 is 0. The third-order valence-corrected chi connectivity index (χ3v) is 1.87. The van der Waals surface area contributed by atoms with E-state index >= 15 is 0 Å². The van der Waals surface area contributed by atoms with Gasteiger partial charge in [-0.1, -0.05) is 0 Å².